The van der Waals surface area contributed by atoms with Gasteiger partial charge in [-0.05, 0) is 59.4 Å². The van der Waals surface area contributed by atoms with Gasteiger partial charge < -0.3 is 29.9 Å². The second-order valence-electron chi connectivity index (χ2n) is 9.17. The third-order valence-electron chi connectivity index (χ3n) is 6.44. The van der Waals surface area contributed by atoms with Crippen LogP contribution in [0, 0.1) is 0 Å². The Morgan fingerprint density at radius 1 is 0.421 bits per heavy atom. The fourth-order valence-electron chi connectivity index (χ4n) is 4.53. The van der Waals surface area contributed by atoms with Crippen LogP contribution in [-0.4, -0.2) is 20.4 Å². The van der Waals surface area contributed by atoms with E-state index in [1.165, 1.54) is 0 Å². The molecule has 4 aromatic carbocycles. The molecular formula is C32H34O6. The first-order valence-electron chi connectivity index (χ1n) is 12.7. The van der Waals surface area contributed by atoms with Gasteiger partial charge in [-0.3, -0.25) is 0 Å². The Kier molecular flexibility index (Phi) is 9.90. The monoisotopic (exact) mass is 514 g/mol. The number of ether oxygens (including phenoxy) is 2. The maximum absolute atomic E-state index is 10.0. The molecule has 0 aromatic heterocycles. The molecule has 198 valence electrons. The molecule has 4 N–H and O–H groups in total. The van der Waals surface area contributed by atoms with E-state index in [1.54, 1.807) is 0 Å². The molecule has 38 heavy (non-hydrogen) atoms. The summed E-state index contributed by atoms with van der Waals surface area (Å²) < 4.78 is 12.0. The SMILES string of the molecule is OCc1cc(CCc2cc(CO)c(OCc3ccccc3)c(CO)c2)cc(CO)c1OCc1ccccc1. The van der Waals surface area contributed by atoms with Crippen molar-refractivity contribution < 1.29 is 29.9 Å². The predicted molar refractivity (Wildman–Crippen MR) is 146 cm³/mol. The predicted octanol–water partition coefficient (Wildman–Crippen LogP) is 4.60. The van der Waals surface area contributed by atoms with Gasteiger partial charge >= 0.3 is 0 Å². The van der Waals surface area contributed by atoms with Crippen molar-refractivity contribution in [3.63, 3.8) is 0 Å². The lowest BCUT2D eigenvalue weighted by atomic mass is 9.96. The first-order valence-corrected chi connectivity index (χ1v) is 12.7. The van der Waals surface area contributed by atoms with Crippen LogP contribution in [0.25, 0.3) is 0 Å². The van der Waals surface area contributed by atoms with E-state index >= 15 is 0 Å². The van der Waals surface area contributed by atoms with Crippen LogP contribution in [0.5, 0.6) is 11.5 Å². The summed E-state index contributed by atoms with van der Waals surface area (Å²) in [6.07, 6.45) is 1.28. The number of rotatable bonds is 13. The molecule has 0 fully saturated rings. The van der Waals surface area contributed by atoms with Crippen LogP contribution in [0.3, 0.4) is 0 Å². The zero-order chi connectivity index (χ0) is 26.7. The highest BCUT2D eigenvalue weighted by Crippen LogP contribution is 2.30. The summed E-state index contributed by atoms with van der Waals surface area (Å²) in [5.74, 6) is 1.01. The van der Waals surface area contributed by atoms with Gasteiger partial charge in [0, 0.05) is 22.3 Å². The van der Waals surface area contributed by atoms with Crippen molar-refractivity contribution in [3.05, 3.63) is 129 Å². The van der Waals surface area contributed by atoms with Crippen LogP contribution < -0.4 is 9.47 Å². The van der Waals surface area contributed by atoms with Crippen LogP contribution in [0.4, 0.5) is 0 Å². The summed E-state index contributed by atoms with van der Waals surface area (Å²) >= 11 is 0. The Morgan fingerprint density at radius 2 is 0.737 bits per heavy atom. The highest BCUT2D eigenvalue weighted by Gasteiger charge is 2.15. The van der Waals surface area contributed by atoms with Gasteiger partial charge in [0.2, 0.25) is 0 Å². The van der Waals surface area contributed by atoms with Crippen LogP contribution in [0.15, 0.2) is 84.9 Å². The Labute approximate surface area is 223 Å². The molecule has 6 nitrogen and oxygen atoms in total. The molecule has 4 rings (SSSR count). The lowest BCUT2D eigenvalue weighted by Crippen LogP contribution is -2.06. The van der Waals surface area contributed by atoms with Crippen molar-refractivity contribution in [3.8, 4) is 11.5 Å². The normalized spacial score (nSPS) is 10.9. The summed E-state index contributed by atoms with van der Waals surface area (Å²) in [6, 6.07) is 27.1. The fourth-order valence-corrected chi connectivity index (χ4v) is 4.53. The standard InChI is InChI=1S/C32H34O6/c33-17-27-13-25(14-28(18-34)31(27)37-21-23-7-3-1-4-8-23)11-12-26-15-29(19-35)32(30(16-26)20-36)38-22-24-9-5-2-6-10-24/h1-10,13-16,33-36H,11-12,17-22H2. The van der Waals surface area contributed by atoms with Gasteiger partial charge in [-0.25, -0.2) is 0 Å². The second kappa shape index (κ2) is 13.7. The van der Waals surface area contributed by atoms with Crippen LogP contribution >= 0.6 is 0 Å². The van der Waals surface area contributed by atoms with Gasteiger partial charge in [0.25, 0.3) is 0 Å². The minimum absolute atomic E-state index is 0.207. The summed E-state index contributed by atoms with van der Waals surface area (Å²) in [4.78, 5) is 0. The van der Waals surface area contributed by atoms with Crippen molar-refractivity contribution in [1.29, 1.82) is 0 Å². The molecular weight excluding hydrogens is 480 g/mol. The summed E-state index contributed by atoms with van der Waals surface area (Å²) in [6.45, 7) is -0.146. The van der Waals surface area contributed by atoms with Crippen molar-refractivity contribution in [2.24, 2.45) is 0 Å². The summed E-state index contributed by atoms with van der Waals surface area (Å²) in [5, 5.41) is 40.1. The fraction of sp³-hybridized carbons (Fsp3) is 0.250. The van der Waals surface area contributed by atoms with Gasteiger partial charge in [-0.1, -0.05) is 60.7 Å². The Balaban J connectivity index is 1.49. The number of aliphatic hydroxyl groups excluding tert-OH is 4. The van der Waals surface area contributed by atoms with E-state index in [0.717, 1.165) is 22.3 Å². The van der Waals surface area contributed by atoms with E-state index in [0.29, 0.717) is 59.8 Å². The minimum Gasteiger partial charge on any atom is -0.488 e. The van der Waals surface area contributed by atoms with Crippen LogP contribution in [0.2, 0.25) is 0 Å². The topological polar surface area (TPSA) is 99.4 Å². The maximum Gasteiger partial charge on any atom is 0.130 e. The summed E-state index contributed by atoms with van der Waals surface area (Å²) in [7, 11) is 0. The van der Waals surface area contributed by atoms with E-state index in [-0.39, 0.29) is 26.4 Å². The number of aliphatic hydroxyl groups is 4. The Morgan fingerprint density at radius 3 is 1.03 bits per heavy atom. The minimum atomic E-state index is -0.207. The van der Waals surface area contributed by atoms with Crippen molar-refractivity contribution in [2.75, 3.05) is 0 Å². The third kappa shape index (κ3) is 7.00. The molecule has 0 aliphatic carbocycles. The lowest BCUT2D eigenvalue weighted by molar-refractivity contribution is 0.241. The average Bonchev–Trinajstić information content (AvgIpc) is 2.98. The van der Waals surface area contributed by atoms with E-state index in [4.69, 9.17) is 9.47 Å². The molecule has 0 heterocycles. The van der Waals surface area contributed by atoms with Crippen LogP contribution in [0.1, 0.15) is 44.5 Å². The van der Waals surface area contributed by atoms with Crippen LogP contribution in [-0.2, 0) is 52.5 Å². The molecule has 0 aliphatic heterocycles. The molecule has 0 radical (unpaired) electrons. The molecule has 6 heteroatoms. The highest BCUT2D eigenvalue weighted by molar-refractivity contribution is 5.47. The zero-order valence-corrected chi connectivity index (χ0v) is 21.3. The van der Waals surface area contributed by atoms with E-state index in [2.05, 4.69) is 0 Å². The second-order valence-corrected chi connectivity index (χ2v) is 9.17. The van der Waals surface area contributed by atoms with E-state index in [1.807, 2.05) is 84.9 Å². The number of hydrogen-bond acceptors (Lipinski definition) is 6. The quantitative estimate of drug-likeness (QED) is 0.208. The van der Waals surface area contributed by atoms with Gasteiger partial charge in [0.15, 0.2) is 0 Å². The molecule has 0 saturated carbocycles. The first-order chi connectivity index (χ1) is 18.6. The molecule has 0 bridgehead atoms. The maximum atomic E-state index is 10.0. The summed E-state index contributed by atoms with van der Waals surface area (Å²) in [5.41, 5.74) is 6.40. The average molecular weight is 515 g/mol. The number of benzene rings is 4. The first kappa shape index (κ1) is 27.4. The number of aryl methyl sites for hydroxylation is 2. The van der Waals surface area contributed by atoms with Crippen molar-refractivity contribution in [1.82, 2.24) is 0 Å². The molecule has 4 aromatic rings. The van der Waals surface area contributed by atoms with Crippen molar-refractivity contribution >= 4 is 0 Å². The molecule has 0 amide bonds. The molecule has 0 atom stereocenters. The molecule has 0 saturated heterocycles. The van der Waals surface area contributed by atoms with Gasteiger partial charge in [-0.2, -0.15) is 0 Å². The van der Waals surface area contributed by atoms with Gasteiger partial charge in [-0.15, -0.1) is 0 Å². The highest BCUT2D eigenvalue weighted by atomic mass is 16.5. The van der Waals surface area contributed by atoms with Gasteiger partial charge in [0.1, 0.15) is 24.7 Å². The lowest BCUT2D eigenvalue weighted by Gasteiger charge is -2.18. The van der Waals surface area contributed by atoms with E-state index < -0.39 is 0 Å². The molecule has 0 spiro atoms. The Hall–Kier alpha value is -3.68. The van der Waals surface area contributed by atoms with Gasteiger partial charge in [0.05, 0.1) is 26.4 Å². The smallest absolute Gasteiger partial charge is 0.130 e. The zero-order valence-electron chi connectivity index (χ0n) is 21.3. The number of hydrogen-bond donors (Lipinski definition) is 4. The van der Waals surface area contributed by atoms with Crippen molar-refractivity contribution in [2.45, 2.75) is 52.5 Å². The molecule has 0 unspecified atom stereocenters. The van der Waals surface area contributed by atoms with E-state index in [9.17, 15) is 20.4 Å². The largest absolute Gasteiger partial charge is 0.488 e. The molecule has 0 aliphatic rings. The Bertz CT molecular complexity index is 1150. The third-order valence-corrected chi connectivity index (χ3v) is 6.44.